The van der Waals surface area contributed by atoms with E-state index in [1.807, 2.05) is 18.3 Å². The molecule has 0 saturated heterocycles. The maximum atomic E-state index is 5.79. The van der Waals surface area contributed by atoms with Crippen LogP contribution >= 0.6 is 0 Å². The van der Waals surface area contributed by atoms with E-state index in [0.29, 0.717) is 12.5 Å². The van der Waals surface area contributed by atoms with E-state index < -0.39 is 0 Å². The first-order valence-electron chi connectivity index (χ1n) is 6.27. The molecule has 2 aliphatic rings. The lowest BCUT2D eigenvalue weighted by Crippen LogP contribution is -2.33. The topological polar surface area (TPSA) is 21.6 Å². The Balaban J connectivity index is 1.94. The lowest BCUT2D eigenvalue weighted by Gasteiger charge is -2.34. The minimum atomic E-state index is 0.217. The zero-order valence-corrected chi connectivity index (χ0v) is 9.91. The highest BCUT2D eigenvalue weighted by molar-refractivity contribution is 5.84. The van der Waals surface area contributed by atoms with Gasteiger partial charge in [-0.3, -0.25) is 4.99 Å². The molecule has 2 heterocycles. The first-order chi connectivity index (χ1) is 8.93. The van der Waals surface area contributed by atoms with Gasteiger partial charge in [0.25, 0.3) is 0 Å². The molecule has 2 heteroatoms. The van der Waals surface area contributed by atoms with Crippen molar-refractivity contribution in [2.24, 2.45) is 4.99 Å². The lowest BCUT2D eigenvalue weighted by molar-refractivity contribution is 0.250. The minimum Gasteiger partial charge on any atom is -0.491 e. The predicted octanol–water partition coefficient (Wildman–Crippen LogP) is 3.01. The molecular weight excluding hydrogens is 222 g/mol. The third kappa shape index (κ3) is 1.32. The Morgan fingerprint density at radius 2 is 1.72 bits per heavy atom. The highest BCUT2D eigenvalue weighted by atomic mass is 16.5. The molecule has 0 unspecified atom stereocenters. The van der Waals surface area contributed by atoms with Crippen LogP contribution < -0.4 is 4.74 Å². The average molecular weight is 235 g/mol. The van der Waals surface area contributed by atoms with Gasteiger partial charge in [0.15, 0.2) is 0 Å². The van der Waals surface area contributed by atoms with Gasteiger partial charge in [0, 0.05) is 17.7 Å². The second-order valence-electron chi connectivity index (χ2n) is 4.80. The second kappa shape index (κ2) is 3.70. The van der Waals surface area contributed by atoms with Gasteiger partial charge in [-0.15, -0.1) is 0 Å². The summed E-state index contributed by atoms with van der Waals surface area (Å²) >= 11 is 0. The molecule has 2 nitrogen and oxygen atoms in total. The van der Waals surface area contributed by atoms with Crippen LogP contribution in [0.15, 0.2) is 53.5 Å². The standard InChI is InChI=1S/C16H13NO/c1-2-6-12-11(5-1)9-17-14-10-18-15-8-4-3-7-13(15)16(12)14/h1-9,14,16H,10H2/t14-,16+/m1/s1. The molecule has 0 aromatic heterocycles. The summed E-state index contributed by atoms with van der Waals surface area (Å²) < 4.78 is 5.79. The normalized spacial score (nSPS) is 23.6. The van der Waals surface area contributed by atoms with Crippen LogP contribution in [0, 0.1) is 0 Å². The smallest absolute Gasteiger partial charge is 0.123 e. The van der Waals surface area contributed by atoms with E-state index in [0.717, 1.165) is 5.75 Å². The minimum absolute atomic E-state index is 0.217. The van der Waals surface area contributed by atoms with Crippen LogP contribution in [0.4, 0.5) is 0 Å². The van der Waals surface area contributed by atoms with Crippen molar-refractivity contribution in [1.82, 2.24) is 0 Å². The summed E-state index contributed by atoms with van der Waals surface area (Å²) in [5.74, 6) is 1.35. The van der Waals surface area contributed by atoms with Gasteiger partial charge in [0.1, 0.15) is 12.4 Å². The maximum absolute atomic E-state index is 5.79. The summed E-state index contributed by atoms with van der Waals surface area (Å²) in [5.41, 5.74) is 3.86. The number of aliphatic imine (C=N–C) groups is 1. The van der Waals surface area contributed by atoms with Crippen molar-refractivity contribution in [2.45, 2.75) is 12.0 Å². The molecule has 0 saturated carbocycles. The number of ether oxygens (including phenoxy) is 1. The molecule has 0 bridgehead atoms. The molecule has 2 aromatic rings. The highest BCUT2D eigenvalue weighted by Gasteiger charge is 2.34. The van der Waals surface area contributed by atoms with Gasteiger partial charge in [0.2, 0.25) is 0 Å². The summed E-state index contributed by atoms with van der Waals surface area (Å²) in [6, 6.07) is 17.0. The van der Waals surface area contributed by atoms with Crippen LogP contribution in [-0.4, -0.2) is 18.9 Å². The van der Waals surface area contributed by atoms with Gasteiger partial charge in [-0.25, -0.2) is 0 Å². The molecule has 4 rings (SSSR count). The van der Waals surface area contributed by atoms with E-state index >= 15 is 0 Å². The van der Waals surface area contributed by atoms with Crippen molar-refractivity contribution in [2.75, 3.05) is 6.61 Å². The molecular formula is C16H13NO. The molecule has 0 radical (unpaired) electrons. The van der Waals surface area contributed by atoms with Crippen LogP contribution in [-0.2, 0) is 0 Å². The fourth-order valence-electron chi connectivity index (χ4n) is 2.94. The van der Waals surface area contributed by atoms with Crippen molar-refractivity contribution in [3.05, 3.63) is 65.2 Å². The molecule has 0 aliphatic carbocycles. The molecule has 0 amide bonds. The van der Waals surface area contributed by atoms with Crippen LogP contribution in [0.3, 0.4) is 0 Å². The van der Waals surface area contributed by atoms with Gasteiger partial charge >= 0.3 is 0 Å². The van der Waals surface area contributed by atoms with Gasteiger partial charge in [-0.05, 0) is 17.2 Å². The van der Waals surface area contributed by atoms with Crippen molar-refractivity contribution >= 4 is 6.21 Å². The zero-order chi connectivity index (χ0) is 11.9. The van der Waals surface area contributed by atoms with E-state index in [9.17, 15) is 0 Å². The van der Waals surface area contributed by atoms with Crippen molar-refractivity contribution < 1.29 is 4.74 Å². The quantitative estimate of drug-likeness (QED) is 0.688. The Labute approximate surface area is 106 Å². The van der Waals surface area contributed by atoms with Gasteiger partial charge in [-0.1, -0.05) is 42.5 Å². The van der Waals surface area contributed by atoms with Crippen molar-refractivity contribution in [3.63, 3.8) is 0 Å². The monoisotopic (exact) mass is 235 g/mol. The zero-order valence-electron chi connectivity index (χ0n) is 9.91. The molecule has 2 aromatic carbocycles. The number of fused-ring (bicyclic) bond motifs is 5. The summed E-state index contributed by atoms with van der Waals surface area (Å²) in [4.78, 5) is 4.64. The van der Waals surface area contributed by atoms with E-state index in [1.165, 1.54) is 16.7 Å². The fourth-order valence-corrected chi connectivity index (χ4v) is 2.94. The van der Waals surface area contributed by atoms with Crippen LogP contribution in [0.2, 0.25) is 0 Å². The average Bonchev–Trinajstić information content (AvgIpc) is 2.46. The summed E-state index contributed by atoms with van der Waals surface area (Å²) in [7, 11) is 0. The predicted molar refractivity (Wildman–Crippen MR) is 71.6 cm³/mol. The Kier molecular flexibility index (Phi) is 2.04. The summed E-state index contributed by atoms with van der Waals surface area (Å²) in [6.45, 7) is 0.673. The molecule has 18 heavy (non-hydrogen) atoms. The van der Waals surface area contributed by atoms with Gasteiger partial charge < -0.3 is 4.74 Å². The molecule has 0 fully saturated rings. The number of para-hydroxylation sites is 1. The maximum Gasteiger partial charge on any atom is 0.123 e. The third-order valence-electron chi connectivity index (χ3n) is 3.78. The largest absolute Gasteiger partial charge is 0.491 e. The van der Waals surface area contributed by atoms with Crippen molar-refractivity contribution in [3.8, 4) is 5.75 Å². The Bertz CT molecular complexity index is 632. The van der Waals surface area contributed by atoms with E-state index in [2.05, 4.69) is 41.4 Å². The SMILES string of the molecule is C1=N[C@@H]2COc3ccccc3[C@@H]2c2ccccc21. The fraction of sp³-hybridized carbons (Fsp3) is 0.188. The molecule has 0 N–H and O–H groups in total. The first-order valence-corrected chi connectivity index (χ1v) is 6.27. The van der Waals surface area contributed by atoms with Gasteiger partial charge in [0.05, 0.1) is 6.04 Å². The molecule has 2 aliphatic heterocycles. The second-order valence-corrected chi connectivity index (χ2v) is 4.80. The Hall–Kier alpha value is -2.09. The first kappa shape index (κ1) is 9.89. The summed E-state index contributed by atoms with van der Waals surface area (Å²) in [5, 5.41) is 0. The third-order valence-corrected chi connectivity index (χ3v) is 3.78. The van der Waals surface area contributed by atoms with Crippen LogP contribution in [0.5, 0.6) is 5.75 Å². The summed E-state index contributed by atoms with van der Waals surface area (Å²) in [6.07, 6.45) is 1.98. The Morgan fingerprint density at radius 3 is 2.67 bits per heavy atom. The highest BCUT2D eigenvalue weighted by Crippen LogP contribution is 2.41. The molecule has 88 valence electrons. The van der Waals surface area contributed by atoms with E-state index in [4.69, 9.17) is 4.74 Å². The number of benzene rings is 2. The van der Waals surface area contributed by atoms with E-state index in [1.54, 1.807) is 0 Å². The lowest BCUT2D eigenvalue weighted by atomic mass is 9.80. The van der Waals surface area contributed by atoms with Crippen LogP contribution in [0.1, 0.15) is 22.6 Å². The number of hydrogen-bond acceptors (Lipinski definition) is 2. The number of nitrogens with zero attached hydrogens (tertiary/aromatic N) is 1. The van der Waals surface area contributed by atoms with Crippen LogP contribution in [0.25, 0.3) is 0 Å². The molecule has 2 atom stereocenters. The number of rotatable bonds is 0. The Morgan fingerprint density at radius 1 is 0.944 bits per heavy atom. The molecule has 0 spiro atoms. The van der Waals surface area contributed by atoms with Crippen molar-refractivity contribution in [1.29, 1.82) is 0 Å². The number of hydrogen-bond donors (Lipinski definition) is 0. The van der Waals surface area contributed by atoms with Gasteiger partial charge in [-0.2, -0.15) is 0 Å². The van der Waals surface area contributed by atoms with E-state index in [-0.39, 0.29) is 6.04 Å².